The second-order valence-electron chi connectivity index (χ2n) is 17.3. The van der Waals surface area contributed by atoms with E-state index >= 15 is 0 Å². The molecule has 0 aromatic heterocycles. The molecule has 0 amide bonds. The molecule has 0 aliphatic carbocycles. The van der Waals surface area contributed by atoms with E-state index in [4.69, 9.17) is 14.2 Å². The van der Waals surface area contributed by atoms with Crippen LogP contribution in [0.15, 0.2) is 0 Å². The van der Waals surface area contributed by atoms with E-state index in [1.807, 2.05) is 0 Å². The molecule has 0 aliphatic heterocycles. The molecule has 0 N–H and O–H groups in total. The monoisotopic (exact) mass is 765 g/mol. The fourth-order valence-corrected chi connectivity index (χ4v) is 7.11. The molecule has 0 aromatic rings. The summed E-state index contributed by atoms with van der Waals surface area (Å²) in [6.45, 7) is 11.3. The van der Waals surface area contributed by atoms with Gasteiger partial charge in [0.15, 0.2) is 6.10 Å². The molecule has 6 heteroatoms. The zero-order chi connectivity index (χ0) is 39.7. The Bertz CT molecular complexity index is 824. The van der Waals surface area contributed by atoms with Gasteiger partial charge in [-0.25, -0.2) is 0 Å². The highest BCUT2D eigenvalue weighted by Gasteiger charge is 2.19. The van der Waals surface area contributed by atoms with Gasteiger partial charge in [0.25, 0.3) is 0 Å². The van der Waals surface area contributed by atoms with E-state index in [2.05, 4.69) is 34.6 Å². The first-order chi connectivity index (χ1) is 26.2. The van der Waals surface area contributed by atoms with Crippen LogP contribution in [-0.4, -0.2) is 37.2 Å². The Labute approximate surface area is 336 Å². The van der Waals surface area contributed by atoms with Crippen molar-refractivity contribution < 1.29 is 28.6 Å². The lowest BCUT2D eigenvalue weighted by Crippen LogP contribution is -2.30. The van der Waals surface area contributed by atoms with Crippen molar-refractivity contribution >= 4 is 17.9 Å². The van der Waals surface area contributed by atoms with Crippen LogP contribution in [0.2, 0.25) is 0 Å². The van der Waals surface area contributed by atoms with Crippen molar-refractivity contribution in [2.75, 3.05) is 13.2 Å². The number of esters is 3. The third kappa shape index (κ3) is 41.6. The molecule has 0 rings (SSSR count). The maximum absolute atomic E-state index is 12.7. The van der Waals surface area contributed by atoms with Crippen LogP contribution in [0.4, 0.5) is 0 Å². The summed E-state index contributed by atoms with van der Waals surface area (Å²) in [6.07, 6.45) is 39.4. The van der Waals surface area contributed by atoms with Gasteiger partial charge in [0.1, 0.15) is 13.2 Å². The highest BCUT2D eigenvalue weighted by atomic mass is 16.6. The number of carbonyl (C=O) groups is 3. The molecule has 54 heavy (non-hydrogen) atoms. The molecular formula is C48H92O6. The highest BCUT2D eigenvalue weighted by molar-refractivity contribution is 5.71. The molecule has 0 aromatic carbocycles. The van der Waals surface area contributed by atoms with Gasteiger partial charge in [-0.05, 0) is 31.1 Å². The molecule has 0 fully saturated rings. The lowest BCUT2D eigenvalue weighted by molar-refractivity contribution is -0.167. The van der Waals surface area contributed by atoms with Gasteiger partial charge in [-0.1, -0.05) is 221 Å². The SMILES string of the molecule is CCCCCCCCCCCCCC(=O)OC[C@H](COC(=O)CCCCCCCCCCCC(C)C)OC(=O)CCCCCCCCCCCCC(C)C. The van der Waals surface area contributed by atoms with Crippen LogP contribution in [0.1, 0.15) is 259 Å². The number of rotatable bonds is 42. The first kappa shape index (κ1) is 52.4. The second kappa shape index (κ2) is 41.1. The van der Waals surface area contributed by atoms with Gasteiger partial charge in [-0.2, -0.15) is 0 Å². The van der Waals surface area contributed by atoms with Gasteiger partial charge in [0.2, 0.25) is 0 Å². The predicted molar refractivity (Wildman–Crippen MR) is 229 cm³/mol. The number of hydrogen-bond acceptors (Lipinski definition) is 6. The third-order valence-corrected chi connectivity index (χ3v) is 10.7. The van der Waals surface area contributed by atoms with E-state index in [9.17, 15) is 14.4 Å². The molecule has 0 radical (unpaired) electrons. The molecular weight excluding hydrogens is 673 g/mol. The lowest BCUT2D eigenvalue weighted by Gasteiger charge is -2.18. The summed E-state index contributed by atoms with van der Waals surface area (Å²) in [5.74, 6) is 0.769. The van der Waals surface area contributed by atoms with Crippen LogP contribution in [0.3, 0.4) is 0 Å². The minimum absolute atomic E-state index is 0.0647. The van der Waals surface area contributed by atoms with Crippen molar-refractivity contribution in [3.05, 3.63) is 0 Å². The van der Waals surface area contributed by atoms with E-state index in [0.29, 0.717) is 19.3 Å². The number of carbonyl (C=O) groups excluding carboxylic acids is 3. The summed E-state index contributed by atoms with van der Waals surface area (Å²) in [5, 5.41) is 0. The van der Waals surface area contributed by atoms with Crippen LogP contribution in [0.5, 0.6) is 0 Å². The zero-order valence-electron chi connectivity index (χ0n) is 36.8. The largest absolute Gasteiger partial charge is 0.462 e. The van der Waals surface area contributed by atoms with Gasteiger partial charge < -0.3 is 14.2 Å². The van der Waals surface area contributed by atoms with Crippen molar-refractivity contribution in [3.8, 4) is 0 Å². The first-order valence-corrected chi connectivity index (χ1v) is 23.7. The molecule has 0 heterocycles. The Kier molecular flexibility index (Phi) is 39.8. The molecule has 1 atom stereocenters. The third-order valence-electron chi connectivity index (χ3n) is 10.7. The first-order valence-electron chi connectivity index (χ1n) is 23.7. The average Bonchev–Trinajstić information content (AvgIpc) is 3.14. The number of ether oxygens (including phenoxy) is 3. The minimum Gasteiger partial charge on any atom is -0.462 e. The zero-order valence-corrected chi connectivity index (χ0v) is 36.8. The quantitative estimate of drug-likeness (QED) is 0.0350. The van der Waals surface area contributed by atoms with Gasteiger partial charge in [0, 0.05) is 19.3 Å². The van der Waals surface area contributed by atoms with Crippen molar-refractivity contribution in [2.24, 2.45) is 11.8 Å². The Hall–Kier alpha value is -1.59. The van der Waals surface area contributed by atoms with E-state index < -0.39 is 6.10 Å². The molecule has 0 bridgehead atoms. The van der Waals surface area contributed by atoms with E-state index in [1.54, 1.807) is 0 Å². The van der Waals surface area contributed by atoms with E-state index in [-0.39, 0.29) is 31.1 Å². The molecule has 6 nitrogen and oxygen atoms in total. The van der Waals surface area contributed by atoms with Gasteiger partial charge in [0.05, 0.1) is 0 Å². The Morgan fingerprint density at radius 1 is 0.352 bits per heavy atom. The molecule has 0 saturated carbocycles. The molecule has 0 spiro atoms. The summed E-state index contributed by atoms with van der Waals surface area (Å²) in [4.78, 5) is 37.8. The summed E-state index contributed by atoms with van der Waals surface area (Å²) in [7, 11) is 0. The van der Waals surface area contributed by atoms with Gasteiger partial charge in [-0.15, -0.1) is 0 Å². The average molecular weight is 765 g/mol. The Morgan fingerprint density at radius 3 is 0.907 bits per heavy atom. The maximum atomic E-state index is 12.7. The molecule has 0 aliphatic rings. The van der Waals surface area contributed by atoms with E-state index in [1.165, 1.54) is 148 Å². The summed E-state index contributed by atoms with van der Waals surface area (Å²) < 4.78 is 16.7. The van der Waals surface area contributed by atoms with Crippen LogP contribution < -0.4 is 0 Å². The van der Waals surface area contributed by atoms with Crippen molar-refractivity contribution in [1.82, 2.24) is 0 Å². The normalized spacial score (nSPS) is 12.1. The molecule has 0 saturated heterocycles. The van der Waals surface area contributed by atoms with Crippen molar-refractivity contribution in [1.29, 1.82) is 0 Å². The topological polar surface area (TPSA) is 78.9 Å². The molecule has 320 valence electrons. The van der Waals surface area contributed by atoms with E-state index in [0.717, 1.165) is 69.6 Å². The minimum atomic E-state index is -0.760. The number of unbranched alkanes of at least 4 members (excludes halogenated alkanes) is 27. The van der Waals surface area contributed by atoms with Crippen LogP contribution in [-0.2, 0) is 28.6 Å². The standard InChI is InChI=1S/C48H92O6/c1-6-7-8-9-10-11-12-18-23-28-33-38-46(49)52-41-45(42-53-47(50)39-34-29-24-20-15-17-22-27-32-37-44(4)5)54-48(51)40-35-30-25-19-14-13-16-21-26-31-36-43(2)3/h43-45H,6-42H2,1-5H3/t45-/m1/s1. The van der Waals surface area contributed by atoms with Crippen molar-refractivity contribution in [3.63, 3.8) is 0 Å². The second-order valence-corrected chi connectivity index (χ2v) is 17.3. The molecule has 0 unspecified atom stereocenters. The van der Waals surface area contributed by atoms with Crippen LogP contribution in [0, 0.1) is 11.8 Å². The lowest BCUT2D eigenvalue weighted by atomic mass is 10.0. The van der Waals surface area contributed by atoms with Crippen LogP contribution >= 0.6 is 0 Å². The maximum Gasteiger partial charge on any atom is 0.306 e. The summed E-state index contributed by atoms with van der Waals surface area (Å²) in [5.41, 5.74) is 0. The van der Waals surface area contributed by atoms with Crippen molar-refractivity contribution in [2.45, 2.75) is 265 Å². The van der Waals surface area contributed by atoms with Gasteiger partial charge in [-0.3, -0.25) is 14.4 Å². The van der Waals surface area contributed by atoms with Crippen LogP contribution in [0.25, 0.3) is 0 Å². The smallest absolute Gasteiger partial charge is 0.306 e. The number of hydrogen-bond donors (Lipinski definition) is 0. The summed E-state index contributed by atoms with van der Waals surface area (Å²) in [6, 6.07) is 0. The Morgan fingerprint density at radius 2 is 0.611 bits per heavy atom. The van der Waals surface area contributed by atoms with Gasteiger partial charge >= 0.3 is 17.9 Å². The Balaban J connectivity index is 4.34. The fourth-order valence-electron chi connectivity index (χ4n) is 7.11. The fraction of sp³-hybridized carbons (Fsp3) is 0.938. The highest BCUT2D eigenvalue weighted by Crippen LogP contribution is 2.17. The summed E-state index contributed by atoms with van der Waals surface area (Å²) >= 11 is 0. The predicted octanol–water partition coefficient (Wildman–Crippen LogP) is 15.0.